The van der Waals surface area contributed by atoms with Gasteiger partial charge in [0, 0.05) is 6.54 Å². The van der Waals surface area contributed by atoms with Crippen LogP contribution in [-0.2, 0) is 11.2 Å². The maximum atomic E-state index is 13.1. The van der Waals surface area contributed by atoms with E-state index in [1.54, 1.807) is 11.3 Å². The van der Waals surface area contributed by atoms with E-state index in [1.165, 1.54) is 0 Å². The number of likely N-dealkylation sites (tertiary alicyclic amines) is 1. The van der Waals surface area contributed by atoms with Crippen molar-refractivity contribution in [2.24, 2.45) is 0 Å². The second-order valence-electron chi connectivity index (χ2n) is 7.06. The molecule has 0 spiro atoms. The number of H-pyrrole nitrogens is 1. The van der Waals surface area contributed by atoms with Gasteiger partial charge < -0.3 is 14.3 Å². The molecule has 1 N–H and O–H groups in total. The van der Waals surface area contributed by atoms with Crippen molar-refractivity contribution in [3.63, 3.8) is 0 Å². The van der Waals surface area contributed by atoms with E-state index in [9.17, 15) is 4.79 Å². The van der Waals surface area contributed by atoms with Crippen LogP contribution in [0.15, 0.2) is 46.2 Å². The van der Waals surface area contributed by atoms with Crippen molar-refractivity contribution in [3.05, 3.63) is 59.1 Å². The number of rotatable bonds is 4. The van der Waals surface area contributed by atoms with Crippen LogP contribution >= 0.6 is 11.3 Å². The first kappa shape index (κ1) is 17.2. The van der Waals surface area contributed by atoms with Gasteiger partial charge in [-0.25, -0.2) is 9.97 Å². The van der Waals surface area contributed by atoms with E-state index in [0.29, 0.717) is 17.3 Å². The SMILES string of the molecule is Cc1oc(-c2cccs2)nc1CC(=O)N1CCC[C@H]1c1nc2ccccc2[nH]1. The summed E-state index contributed by atoms with van der Waals surface area (Å²) in [6.07, 6.45) is 2.15. The van der Waals surface area contributed by atoms with Crippen LogP contribution in [0.1, 0.15) is 36.2 Å². The summed E-state index contributed by atoms with van der Waals surface area (Å²) in [5.41, 5.74) is 2.65. The highest BCUT2D eigenvalue weighted by atomic mass is 32.1. The molecule has 28 heavy (non-hydrogen) atoms. The summed E-state index contributed by atoms with van der Waals surface area (Å²) < 4.78 is 5.78. The highest BCUT2D eigenvalue weighted by molar-refractivity contribution is 7.13. The normalized spacial score (nSPS) is 16.9. The molecule has 0 unspecified atom stereocenters. The summed E-state index contributed by atoms with van der Waals surface area (Å²) in [4.78, 5) is 28.6. The molecule has 7 heteroatoms. The van der Waals surface area contributed by atoms with Crippen LogP contribution in [0, 0.1) is 6.92 Å². The van der Waals surface area contributed by atoms with Gasteiger partial charge >= 0.3 is 0 Å². The van der Waals surface area contributed by atoms with Crippen LogP contribution in [-0.4, -0.2) is 32.3 Å². The predicted octanol–water partition coefficient (Wildman–Crippen LogP) is 4.49. The number of imidazole rings is 1. The minimum absolute atomic E-state index is 0.0103. The van der Waals surface area contributed by atoms with Crippen LogP contribution in [0.5, 0.6) is 0 Å². The third kappa shape index (κ3) is 3.01. The van der Waals surface area contributed by atoms with Crippen molar-refractivity contribution in [3.8, 4) is 10.8 Å². The van der Waals surface area contributed by atoms with Crippen LogP contribution in [0.2, 0.25) is 0 Å². The second-order valence-corrected chi connectivity index (χ2v) is 8.01. The number of oxazole rings is 1. The fourth-order valence-electron chi connectivity index (χ4n) is 3.82. The quantitative estimate of drug-likeness (QED) is 0.555. The molecule has 142 valence electrons. The third-order valence-electron chi connectivity index (χ3n) is 5.24. The number of aromatic amines is 1. The highest BCUT2D eigenvalue weighted by Crippen LogP contribution is 2.32. The van der Waals surface area contributed by atoms with Crippen molar-refractivity contribution in [2.45, 2.75) is 32.2 Å². The molecular formula is C21H20N4O2S. The Morgan fingerprint density at radius 3 is 3.00 bits per heavy atom. The predicted molar refractivity (Wildman–Crippen MR) is 108 cm³/mol. The fourth-order valence-corrected chi connectivity index (χ4v) is 4.47. The first-order valence-electron chi connectivity index (χ1n) is 9.43. The smallest absolute Gasteiger partial charge is 0.236 e. The van der Waals surface area contributed by atoms with Gasteiger partial charge in [-0.3, -0.25) is 4.79 Å². The zero-order valence-electron chi connectivity index (χ0n) is 15.5. The molecule has 1 aliphatic rings. The third-order valence-corrected chi connectivity index (χ3v) is 6.10. The Morgan fingerprint density at radius 2 is 2.18 bits per heavy atom. The van der Waals surface area contributed by atoms with Crippen molar-refractivity contribution in [1.82, 2.24) is 19.9 Å². The van der Waals surface area contributed by atoms with Crippen LogP contribution in [0.25, 0.3) is 21.8 Å². The molecule has 0 radical (unpaired) electrons. The minimum atomic E-state index is -0.0103. The summed E-state index contributed by atoms with van der Waals surface area (Å²) in [5, 5.41) is 1.99. The Kier molecular flexibility index (Phi) is 4.24. The number of hydrogen-bond donors (Lipinski definition) is 1. The van der Waals surface area contributed by atoms with Gasteiger partial charge in [-0.2, -0.15) is 0 Å². The lowest BCUT2D eigenvalue weighted by atomic mass is 10.2. The fraction of sp³-hybridized carbons (Fsp3) is 0.286. The van der Waals surface area contributed by atoms with E-state index in [-0.39, 0.29) is 18.4 Å². The Balaban J connectivity index is 1.37. The summed E-state index contributed by atoms with van der Waals surface area (Å²) in [6, 6.07) is 11.9. The molecule has 4 heterocycles. The average Bonchev–Trinajstić information content (AvgIpc) is 3.47. The van der Waals surface area contributed by atoms with Gasteiger partial charge in [0.15, 0.2) is 0 Å². The van der Waals surface area contributed by atoms with Crippen molar-refractivity contribution < 1.29 is 9.21 Å². The number of carbonyl (C=O) groups is 1. The van der Waals surface area contributed by atoms with Gasteiger partial charge in [-0.1, -0.05) is 18.2 Å². The largest absolute Gasteiger partial charge is 0.440 e. The lowest BCUT2D eigenvalue weighted by Gasteiger charge is -2.23. The number of benzene rings is 1. The summed E-state index contributed by atoms with van der Waals surface area (Å²) in [6.45, 7) is 2.61. The molecule has 0 aliphatic carbocycles. The molecule has 1 aromatic carbocycles. The molecule has 1 atom stereocenters. The first-order chi connectivity index (χ1) is 13.7. The van der Waals surface area contributed by atoms with E-state index < -0.39 is 0 Å². The number of nitrogens with zero attached hydrogens (tertiary/aromatic N) is 3. The van der Waals surface area contributed by atoms with E-state index in [1.807, 2.05) is 53.6 Å². The summed E-state index contributed by atoms with van der Waals surface area (Å²) in [5.74, 6) is 2.22. The molecule has 1 aliphatic heterocycles. The Hall–Kier alpha value is -2.93. The van der Waals surface area contributed by atoms with Gasteiger partial charge in [-0.05, 0) is 43.3 Å². The van der Waals surface area contributed by atoms with E-state index in [0.717, 1.165) is 41.1 Å². The Morgan fingerprint density at radius 1 is 1.29 bits per heavy atom. The average molecular weight is 392 g/mol. The van der Waals surface area contributed by atoms with E-state index in [4.69, 9.17) is 9.40 Å². The number of fused-ring (bicyclic) bond motifs is 1. The number of para-hydroxylation sites is 2. The maximum Gasteiger partial charge on any atom is 0.236 e. The molecule has 4 aromatic rings. The highest BCUT2D eigenvalue weighted by Gasteiger charge is 2.32. The van der Waals surface area contributed by atoms with E-state index in [2.05, 4.69) is 9.97 Å². The van der Waals surface area contributed by atoms with Crippen molar-refractivity contribution in [2.75, 3.05) is 6.54 Å². The zero-order valence-corrected chi connectivity index (χ0v) is 16.3. The van der Waals surface area contributed by atoms with Crippen LogP contribution < -0.4 is 0 Å². The Bertz CT molecular complexity index is 1100. The number of thiophene rings is 1. The topological polar surface area (TPSA) is 75.0 Å². The van der Waals surface area contributed by atoms with Gasteiger partial charge in [0.2, 0.25) is 11.8 Å². The van der Waals surface area contributed by atoms with Crippen LogP contribution in [0.3, 0.4) is 0 Å². The van der Waals surface area contributed by atoms with Gasteiger partial charge in [0.1, 0.15) is 11.6 Å². The molecule has 3 aromatic heterocycles. The monoisotopic (exact) mass is 392 g/mol. The van der Waals surface area contributed by atoms with Gasteiger partial charge in [0.25, 0.3) is 0 Å². The maximum absolute atomic E-state index is 13.1. The number of amides is 1. The molecule has 1 saturated heterocycles. The Labute approximate surface area is 166 Å². The standard InChI is InChI=1S/C21H20N4O2S/c1-13-16(24-21(27-13)18-9-5-11-28-18)12-19(26)25-10-4-8-17(25)20-22-14-6-2-3-7-15(14)23-20/h2-3,5-7,9,11,17H,4,8,10,12H2,1H3,(H,22,23)/t17-/m0/s1. The second kappa shape index (κ2) is 6.91. The van der Waals surface area contributed by atoms with Crippen molar-refractivity contribution >= 4 is 28.3 Å². The van der Waals surface area contributed by atoms with E-state index >= 15 is 0 Å². The number of nitrogens with one attached hydrogen (secondary N) is 1. The first-order valence-corrected chi connectivity index (χ1v) is 10.3. The minimum Gasteiger partial charge on any atom is -0.440 e. The van der Waals surface area contributed by atoms with Gasteiger partial charge in [0.05, 0.1) is 34.1 Å². The van der Waals surface area contributed by atoms with Crippen molar-refractivity contribution in [1.29, 1.82) is 0 Å². The lowest BCUT2D eigenvalue weighted by molar-refractivity contribution is -0.131. The number of aromatic nitrogens is 3. The zero-order chi connectivity index (χ0) is 19.1. The van der Waals surface area contributed by atoms with Crippen LogP contribution in [0.4, 0.5) is 0 Å². The summed E-state index contributed by atoms with van der Waals surface area (Å²) in [7, 11) is 0. The molecule has 0 bridgehead atoms. The van der Waals surface area contributed by atoms with Gasteiger partial charge in [-0.15, -0.1) is 11.3 Å². The molecular weight excluding hydrogens is 372 g/mol. The number of hydrogen-bond acceptors (Lipinski definition) is 5. The number of aryl methyl sites for hydroxylation is 1. The molecule has 0 saturated carbocycles. The molecule has 5 rings (SSSR count). The molecule has 6 nitrogen and oxygen atoms in total. The lowest BCUT2D eigenvalue weighted by Crippen LogP contribution is -2.32. The molecule has 1 fully saturated rings. The summed E-state index contributed by atoms with van der Waals surface area (Å²) >= 11 is 1.58. The number of carbonyl (C=O) groups excluding carboxylic acids is 1. The molecule has 1 amide bonds.